The quantitative estimate of drug-likeness (QED) is 0.755. The summed E-state index contributed by atoms with van der Waals surface area (Å²) in [6, 6.07) is 13.5. The molecular formula is C19H15N5O2. The van der Waals surface area contributed by atoms with Crippen LogP contribution in [0.15, 0.2) is 60.2 Å². The highest BCUT2D eigenvalue weighted by molar-refractivity contribution is 5.71. The fraction of sp³-hybridized carbons (Fsp3) is 0.105. The monoisotopic (exact) mass is 345 g/mol. The van der Waals surface area contributed by atoms with Crippen molar-refractivity contribution in [1.82, 2.24) is 15.2 Å². The average molecular weight is 345 g/mol. The van der Waals surface area contributed by atoms with Crippen LogP contribution in [-0.2, 0) is 0 Å². The topological polar surface area (TPSA) is 110 Å². The Morgan fingerprint density at radius 3 is 2.92 bits per heavy atom. The first-order chi connectivity index (χ1) is 12.7. The number of rotatable bonds is 3. The molecule has 0 saturated carbocycles. The fourth-order valence-corrected chi connectivity index (χ4v) is 3.12. The highest BCUT2D eigenvalue weighted by Crippen LogP contribution is 2.45. The van der Waals surface area contributed by atoms with Gasteiger partial charge in [-0.05, 0) is 23.8 Å². The predicted octanol–water partition coefficient (Wildman–Crippen LogP) is 2.70. The molecule has 7 heteroatoms. The Morgan fingerprint density at radius 1 is 1.31 bits per heavy atom. The molecule has 0 spiro atoms. The molecule has 0 unspecified atom stereocenters. The molecule has 26 heavy (non-hydrogen) atoms. The van der Waals surface area contributed by atoms with Gasteiger partial charge in [0.05, 0.1) is 24.3 Å². The highest BCUT2D eigenvalue weighted by Gasteiger charge is 2.35. The van der Waals surface area contributed by atoms with Crippen LogP contribution >= 0.6 is 0 Å². The first kappa shape index (κ1) is 15.7. The van der Waals surface area contributed by atoms with E-state index in [1.54, 1.807) is 19.5 Å². The van der Waals surface area contributed by atoms with Crippen molar-refractivity contribution < 1.29 is 9.47 Å². The average Bonchev–Trinajstić information content (AvgIpc) is 3.10. The maximum absolute atomic E-state index is 9.66. The van der Waals surface area contributed by atoms with Crippen molar-refractivity contribution in [1.29, 1.82) is 5.26 Å². The van der Waals surface area contributed by atoms with E-state index < -0.39 is 5.92 Å². The van der Waals surface area contributed by atoms with Crippen LogP contribution in [-0.4, -0.2) is 22.3 Å². The molecule has 1 atom stereocenters. The van der Waals surface area contributed by atoms with Crippen LogP contribution in [0, 0.1) is 11.3 Å². The van der Waals surface area contributed by atoms with Gasteiger partial charge in [-0.25, -0.2) is 0 Å². The van der Waals surface area contributed by atoms with Crippen LogP contribution in [0.1, 0.15) is 17.0 Å². The van der Waals surface area contributed by atoms with E-state index in [9.17, 15) is 5.26 Å². The molecule has 1 aliphatic heterocycles. The number of pyridine rings is 1. The second kappa shape index (κ2) is 6.26. The highest BCUT2D eigenvalue weighted by atomic mass is 16.5. The molecule has 0 radical (unpaired) electrons. The van der Waals surface area contributed by atoms with E-state index in [2.05, 4.69) is 21.3 Å². The second-order valence-corrected chi connectivity index (χ2v) is 5.76. The van der Waals surface area contributed by atoms with Gasteiger partial charge in [-0.15, -0.1) is 5.10 Å². The molecule has 4 rings (SSSR count). The molecule has 3 heterocycles. The van der Waals surface area contributed by atoms with E-state index in [0.717, 1.165) is 28.1 Å². The van der Waals surface area contributed by atoms with Crippen molar-refractivity contribution in [3.63, 3.8) is 0 Å². The van der Waals surface area contributed by atoms with Gasteiger partial charge in [-0.3, -0.25) is 10.1 Å². The van der Waals surface area contributed by atoms with Gasteiger partial charge in [0.2, 0.25) is 11.8 Å². The van der Waals surface area contributed by atoms with E-state index >= 15 is 0 Å². The lowest BCUT2D eigenvalue weighted by Crippen LogP contribution is -2.21. The number of aromatic nitrogens is 3. The van der Waals surface area contributed by atoms with E-state index in [1.165, 1.54) is 0 Å². The van der Waals surface area contributed by atoms with Gasteiger partial charge in [-0.1, -0.05) is 18.2 Å². The van der Waals surface area contributed by atoms with Gasteiger partial charge in [0.15, 0.2) is 0 Å². The van der Waals surface area contributed by atoms with Crippen molar-refractivity contribution in [3.05, 3.63) is 71.4 Å². The summed E-state index contributed by atoms with van der Waals surface area (Å²) in [5.41, 5.74) is 9.49. The predicted molar refractivity (Wildman–Crippen MR) is 94.1 cm³/mol. The zero-order chi connectivity index (χ0) is 18.1. The number of aromatic amines is 1. The summed E-state index contributed by atoms with van der Waals surface area (Å²) < 4.78 is 10.9. The third kappa shape index (κ3) is 2.45. The number of hydrogen-bond donors (Lipinski definition) is 2. The van der Waals surface area contributed by atoms with Crippen molar-refractivity contribution in [2.24, 2.45) is 5.73 Å². The SMILES string of the molecule is COc1cccc(-c2[nH]nc3c2[C@@H](c2cccnc2)C(C#N)=C(N)O3)c1. The molecule has 2 aromatic heterocycles. The molecule has 128 valence electrons. The van der Waals surface area contributed by atoms with Gasteiger partial charge < -0.3 is 15.2 Å². The number of H-pyrrole nitrogens is 1. The van der Waals surface area contributed by atoms with Crippen LogP contribution in [0.3, 0.4) is 0 Å². The lowest BCUT2D eigenvalue weighted by molar-refractivity contribution is 0.379. The minimum atomic E-state index is -0.419. The minimum Gasteiger partial charge on any atom is -0.497 e. The van der Waals surface area contributed by atoms with Crippen molar-refractivity contribution in [2.45, 2.75) is 5.92 Å². The molecule has 0 amide bonds. The zero-order valence-corrected chi connectivity index (χ0v) is 13.9. The van der Waals surface area contributed by atoms with Gasteiger partial charge in [0.1, 0.15) is 17.4 Å². The first-order valence-electron chi connectivity index (χ1n) is 7.93. The summed E-state index contributed by atoms with van der Waals surface area (Å²) in [6.07, 6.45) is 3.40. The third-order valence-electron chi connectivity index (χ3n) is 4.32. The first-order valence-corrected chi connectivity index (χ1v) is 7.93. The molecule has 0 bridgehead atoms. The molecule has 1 aromatic carbocycles. The van der Waals surface area contributed by atoms with Gasteiger partial charge in [0.25, 0.3) is 0 Å². The summed E-state index contributed by atoms with van der Waals surface area (Å²) in [7, 11) is 1.61. The van der Waals surface area contributed by atoms with Crippen molar-refractivity contribution in [2.75, 3.05) is 7.11 Å². The Bertz CT molecular complexity index is 1030. The molecule has 7 nitrogen and oxygen atoms in total. The molecule has 3 aromatic rings. The third-order valence-corrected chi connectivity index (χ3v) is 4.32. The Hall–Kier alpha value is -3.79. The summed E-state index contributed by atoms with van der Waals surface area (Å²) in [5, 5.41) is 16.9. The van der Waals surface area contributed by atoms with Crippen LogP contribution in [0.25, 0.3) is 11.3 Å². The minimum absolute atomic E-state index is 0.0533. The van der Waals surface area contributed by atoms with Gasteiger partial charge in [-0.2, -0.15) is 5.26 Å². The van der Waals surface area contributed by atoms with Crippen LogP contribution in [0.2, 0.25) is 0 Å². The summed E-state index contributed by atoms with van der Waals surface area (Å²) in [5.74, 6) is 0.708. The maximum atomic E-state index is 9.66. The number of nitrogens with one attached hydrogen (secondary N) is 1. The van der Waals surface area contributed by atoms with Crippen molar-refractivity contribution >= 4 is 0 Å². The van der Waals surface area contributed by atoms with Crippen LogP contribution in [0.4, 0.5) is 0 Å². The van der Waals surface area contributed by atoms with E-state index in [4.69, 9.17) is 15.2 Å². The standard InChI is InChI=1S/C19H15N5O2/c1-25-13-6-2-4-11(8-13)17-16-15(12-5-3-7-22-10-12)14(9-20)18(21)26-19(16)24-23-17/h2-8,10,15H,21H2,1H3,(H,23,24)/t15-/m0/s1. The number of ether oxygens (including phenoxy) is 2. The molecule has 0 saturated heterocycles. The van der Waals surface area contributed by atoms with Crippen LogP contribution in [0.5, 0.6) is 11.6 Å². The number of methoxy groups -OCH3 is 1. The molecule has 0 aliphatic carbocycles. The van der Waals surface area contributed by atoms with Crippen molar-refractivity contribution in [3.8, 4) is 29.0 Å². The fourth-order valence-electron chi connectivity index (χ4n) is 3.12. The van der Waals surface area contributed by atoms with Crippen LogP contribution < -0.4 is 15.2 Å². The van der Waals surface area contributed by atoms with E-state index in [1.807, 2.05) is 36.4 Å². The number of hydrogen-bond acceptors (Lipinski definition) is 6. The van der Waals surface area contributed by atoms with Gasteiger partial charge in [0, 0.05) is 18.0 Å². The Morgan fingerprint density at radius 2 is 2.19 bits per heavy atom. The second-order valence-electron chi connectivity index (χ2n) is 5.76. The Labute approximate surface area is 149 Å². The van der Waals surface area contributed by atoms with E-state index in [-0.39, 0.29) is 5.88 Å². The molecule has 3 N–H and O–H groups in total. The lowest BCUT2D eigenvalue weighted by atomic mass is 9.84. The normalized spacial score (nSPS) is 15.8. The number of nitrogens with zero attached hydrogens (tertiary/aromatic N) is 3. The smallest absolute Gasteiger partial charge is 0.244 e. The molecule has 1 aliphatic rings. The number of nitrogens with two attached hydrogens (primary N) is 1. The largest absolute Gasteiger partial charge is 0.497 e. The number of nitriles is 1. The Kier molecular flexibility index (Phi) is 3.78. The molecular weight excluding hydrogens is 330 g/mol. The molecule has 0 fully saturated rings. The summed E-state index contributed by atoms with van der Waals surface area (Å²) >= 11 is 0. The van der Waals surface area contributed by atoms with Gasteiger partial charge >= 0.3 is 0 Å². The zero-order valence-electron chi connectivity index (χ0n) is 13.9. The summed E-state index contributed by atoms with van der Waals surface area (Å²) in [6.45, 7) is 0. The Balaban J connectivity index is 1.94. The maximum Gasteiger partial charge on any atom is 0.244 e. The lowest BCUT2D eigenvalue weighted by Gasteiger charge is -2.23. The number of fused-ring (bicyclic) bond motifs is 1. The number of benzene rings is 1. The summed E-state index contributed by atoms with van der Waals surface area (Å²) in [4.78, 5) is 4.18. The number of allylic oxidation sites excluding steroid dienone is 1. The van der Waals surface area contributed by atoms with E-state index in [0.29, 0.717) is 11.5 Å².